The molecule has 8 heteroatoms. The van der Waals surface area contributed by atoms with Crippen molar-refractivity contribution < 1.29 is 9.47 Å². The number of aliphatic imine (C=N–C) groups is 1. The minimum absolute atomic E-state index is 0.331. The van der Waals surface area contributed by atoms with Crippen LogP contribution in [0.5, 0.6) is 11.5 Å². The normalized spacial score (nSPS) is 18.4. The van der Waals surface area contributed by atoms with Gasteiger partial charge in [0.05, 0.1) is 24.2 Å². The second kappa shape index (κ2) is 5.66. The van der Waals surface area contributed by atoms with Gasteiger partial charge in [0.2, 0.25) is 5.95 Å². The fourth-order valence-corrected chi connectivity index (χ4v) is 3.94. The van der Waals surface area contributed by atoms with Crippen LogP contribution in [0.2, 0.25) is 0 Å². The zero-order valence-electron chi connectivity index (χ0n) is 15.0. The molecule has 0 spiro atoms. The molecule has 28 heavy (non-hydrogen) atoms. The van der Waals surface area contributed by atoms with Gasteiger partial charge in [0, 0.05) is 41.2 Å². The van der Waals surface area contributed by atoms with E-state index >= 15 is 0 Å². The van der Waals surface area contributed by atoms with Gasteiger partial charge in [0.1, 0.15) is 0 Å². The standard InChI is InChI=1S/C20H18N6O2/c21-19-24-18(12-10-22-13-5-2-1-4-11(12)13)26-15-9-17-16(27-6-3-7-28-17)8-14(15)23-20(26)25-19/h1-2,4-5,8-10,18,22H,3,6-7H2,(H3,21,23,24,25)/t18-/m1/s1. The molecule has 0 radical (unpaired) electrons. The van der Waals surface area contributed by atoms with E-state index in [4.69, 9.17) is 20.2 Å². The first-order valence-electron chi connectivity index (χ1n) is 9.26. The monoisotopic (exact) mass is 374 g/mol. The molecule has 0 saturated carbocycles. The first-order chi connectivity index (χ1) is 13.8. The third-order valence-corrected chi connectivity index (χ3v) is 5.20. The molecule has 4 aromatic rings. The molecule has 0 unspecified atom stereocenters. The van der Waals surface area contributed by atoms with E-state index in [1.807, 2.05) is 36.5 Å². The average Bonchev–Trinajstić information content (AvgIpc) is 3.19. The van der Waals surface area contributed by atoms with Crippen LogP contribution in [0.25, 0.3) is 21.9 Å². The minimum atomic E-state index is -0.331. The number of hydrogen-bond donors (Lipinski definition) is 3. The maximum atomic E-state index is 6.08. The molecular weight excluding hydrogens is 356 g/mol. The Morgan fingerprint density at radius 1 is 1.11 bits per heavy atom. The lowest BCUT2D eigenvalue weighted by atomic mass is 10.1. The summed E-state index contributed by atoms with van der Waals surface area (Å²) in [6, 6.07) is 12.1. The SMILES string of the molecule is NC1=N[C@@H](c2c[nH]c3ccccc23)n2c(nc3cc4c(cc32)OCCCO4)N1. The van der Waals surface area contributed by atoms with Gasteiger partial charge in [-0.1, -0.05) is 18.2 Å². The van der Waals surface area contributed by atoms with Crippen LogP contribution >= 0.6 is 0 Å². The number of aromatic nitrogens is 3. The number of anilines is 1. The van der Waals surface area contributed by atoms with Gasteiger partial charge in [-0.25, -0.2) is 9.98 Å². The highest BCUT2D eigenvalue weighted by Crippen LogP contribution is 2.40. The molecule has 2 aromatic carbocycles. The van der Waals surface area contributed by atoms with Crippen molar-refractivity contribution in [1.29, 1.82) is 0 Å². The Bertz CT molecular complexity index is 1250. The van der Waals surface area contributed by atoms with Crippen LogP contribution in [0, 0.1) is 0 Å². The molecule has 0 bridgehead atoms. The first-order valence-corrected chi connectivity index (χ1v) is 9.26. The van der Waals surface area contributed by atoms with Gasteiger partial charge < -0.3 is 20.2 Å². The number of nitrogens with two attached hydrogens (primary N) is 1. The topological polar surface area (TPSA) is 102 Å². The lowest BCUT2D eigenvalue weighted by molar-refractivity contribution is 0.297. The molecular formula is C20H18N6O2. The predicted molar refractivity (Wildman–Crippen MR) is 107 cm³/mol. The summed E-state index contributed by atoms with van der Waals surface area (Å²) in [4.78, 5) is 12.7. The summed E-state index contributed by atoms with van der Waals surface area (Å²) >= 11 is 0. The number of nitrogens with one attached hydrogen (secondary N) is 2. The summed E-state index contributed by atoms with van der Waals surface area (Å²) in [7, 11) is 0. The Hall–Kier alpha value is -3.68. The second-order valence-electron chi connectivity index (χ2n) is 6.95. The van der Waals surface area contributed by atoms with Crippen LogP contribution in [-0.2, 0) is 0 Å². The van der Waals surface area contributed by atoms with Crippen LogP contribution in [0.4, 0.5) is 5.95 Å². The molecule has 4 N–H and O–H groups in total. The first kappa shape index (κ1) is 15.4. The van der Waals surface area contributed by atoms with Gasteiger partial charge in [-0.15, -0.1) is 0 Å². The molecule has 4 heterocycles. The van der Waals surface area contributed by atoms with Gasteiger partial charge in [0.25, 0.3) is 0 Å². The van der Waals surface area contributed by atoms with Gasteiger partial charge in [-0.3, -0.25) is 9.88 Å². The lowest BCUT2D eigenvalue weighted by Crippen LogP contribution is -2.31. The van der Waals surface area contributed by atoms with Crippen molar-refractivity contribution in [3.05, 3.63) is 48.2 Å². The fraction of sp³-hybridized carbons (Fsp3) is 0.200. The lowest BCUT2D eigenvalue weighted by Gasteiger charge is -2.23. The molecule has 2 aliphatic rings. The Morgan fingerprint density at radius 2 is 1.93 bits per heavy atom. The second-order valence-corrected chi connectivity index (χ2v) is 6.95. The third-order valence-electron chi connectivity index (χ3n) is 5.20. The number of imidazole rings is 1. The maximum absolute atomic E-state index is 6.08. The summed E-state index contributed by atoms with van der Waals surface area (Å²) in [6.07, 6.45) is 2.51. The quantitative estimate of drug-likeness (QED) is 0.475. The van der Waals surface area contributed by atoms with Crippen LogP contribution in [-0.4, -0.2) is 33.7 Å². The minimum Gasteiger partial charge on any atom is -0.489 e. The van der Waals surface area contributed by atoms with E-state index in [2.05, 4.69) is 25.9 Å². The molecule has 2 aliphatic heterocycles. The van der Waals surface area contributed by atoms with E-state index in [0.29, 0.717) is 25.1 Å². The average molecular weight is 374 g/mol. The molecule has 0 aliphatic carbocycles. The Balaban J connectivity index is 1.59. The van der Waals surface area contributed by atoms with E-state index in [-0.39, 0.29) is 6.17 Å². The molecule has 140 valence electrons. The number of rotatable bonds is 1. The summed E-state index contributed by atoms with van der Waals surface area (Å²) in [5, 5.41) is 4.18. The van der Waals surface area contributed by atoms with E-state index in [0.717, 1.165) is 45.4 Å². The van der Waals surface area contributed by atoms with Crippen molar-refractivity contribution in [3.63, 3.8) is 0 Å². The zero-order chi connectivity index (χ0) is 18.7. The number of H-pyrrole nitrogens is 1. The number of para-hydroxylation sites is 1. The molecule has 0 amide bonds. The number of guanidine groups is 1. The Kier molecular flexibility index (Phi) is 3.11. The van der Waals surface area contributed by atoms with Crippen LogP contribution in [0.15, 0.2) is 47.6 Å². The van der Waals surface area contributed by atoms with E-state index in [9.17, 15) is 0 Å². The number of hydrogen-bond acceptors (Lipinski definition) is 6. The molecule has 8 nitrogen and oxygen atoms in total. The van der Waals surface area contributed by atoms with Crippen molar-refractivity contribution in [2.24, 2.45) is 10.7 Å². The van der Waals surface area contributed by atoms with Gasteiger partial charge in [-0.05, 0) is 6.07 Å². The summed E-state index contributed by atoms with van der Waals surface area (Å²) in [5.74, 6) is 2.44. The Morgan fingerprint density at radius 3 is 2.82 bits per heavy atom. The van der Waals surface area contributed by atoms with Crippen molar-refractivity contribution in [1.82, 2.24) is 14.5 Å². The zero-order valence-corrected chi connectivity index (χ0v) is 15.0. The fourth-order valence-electron chi connectivity index (χ4n) is 3.94. The smallest absolute Gasteiger partial charge is 0.212 e. The van der Waals surface area contributed by atoms with E-state index in [1.165, 1.54) is 0 Å². The van der Waals surface area contributed by atoms with Crippen LogP contribution in [0.1, 0.15) is 18.2 Å². The maximum Gasteiger partial charge on any atom is 0.212 e. The van der Waals surface area contributed by atoms with Crippen molar-refractivity contribution in [2.75, 3.05) is 18.5 Å². The van der Waals surface area contributed by atoms with E-state index < -0.39 is 0 Å². The predicted octanol–water partition coefficient (Wildman–Crippen LogP) is 2.97. The molecule has 0 fully saturated rings. The van der Waals surface area contributed by atoms with Crippen molar-refractivity contribution in [3.8, 4) is 11.5 Å². The van der Waals surface area contributed by atoms with Crippen molar-refractivity contribution >= 4 is 33.8 Å². The highest BCUT2D eigenvalue weighted by molar-refractivity contribution is 5.96. The van der Waals surface area contributed by atoms with Gasteiger partial charge in [-0.2, -0.15) is 0 Å². The van der Waals surface area contributed by atoms with Crippen molar-refractivity contribution in [2.45, 2.75) is 12.6 Å². The highest BCUT2D eigenvalue weighted by Gasteiger charge is 2.28. The highest BCUT2D eigenvalue weighted by atomic mass is 16.5. The summed E-state index contributed by atoms with van der Waals surface area (Å²) in [6.45, 7) is 1.27. The largest absolute Gasteiger partial charge is 0.489 e. The van der Waals surface area contributed by atoms with Crippen LogP contribution < -0.4 is 20.5 Å². The number of fused-ring (bicyclic) bond motifs is 5. The number of ether oxygens (including phenoxy) is 2. The molecule has 6 rings (SSSR count). The van der Waals surface area contributed by atoms with Gasteiger partial charge in [0.15, 0.2) is 23.6 Å². The Labute approximate surface area is 160 Å². The molecule has 2 aromatic heterocycles. The van der Waals surface area contributed by atoms with Crippen LogP contribution in [0.3, 0.4) is 0 Å². The number of aromatic amines is 1. The summed E-state index contributed by atoms with van der Waals surface area (Å²) < 4.78 is 13.7. The third kappa shape index (κ3) is 2.17. The molecule has 1 atom stereocenters. The number of nitrogens with zero attached hydrogens (tertiary/aromatic N) is 3. The van der Waals surface area contributed by atoms with Gasteiger partial charge >= 0.3 is 0 Å². The summed E-state index contributed by atoms with van der Waals surface area (Å²) in [5.41, 5.74) is 9.89. The van der Waals surface area contributed by atoms with E-state index in [1.54, 1.807) is 0 Å². The number of benzene rings is 2. The molecule has 0 saturated heterocycles.